The SMILES string of the molecule is Cn1c(C2NCCCC2(C)C)nc2cccnc21. The molecule has 0 aromatic carbocycles. The topological polar surface area (TPSA) is 42.7 Å². The smallest absolute Gasteiger partial charge is 0.159 e. The summed E-state index contributed by atoms with van der Waals surface area (Å²) in [4.78, 5) is 9.19. The fourth-order valence-electron chi connectivity index (χ4n) is 2.95. The largest absolute Gasteiger partial charge is 0.315 e. The molecule has 18 heavy (non-hydrogen) atoms. The van der Waals surface area contributed by atoms with E-state index < -0.39 is 0 Å². The van der Waals surface area contributed by atoms with Gasteiger partial charge < -0.3 is 9.88 Å². The van der Waals surface area contributed by atoms with Gasteiger partial charge in [-0.3, -0.25) is 0 Å². The number of aryl methyl sites for hydroxylation is 1. The average molecular weight is 244 g/mol. The molecule has 1 N–H and O–H groups in total. The van der Waals surface area contributed by atoms with Crippen molar-refractivity contribution in [2.45, 2.75) is 32.7 Å². The lowest BCUT2D eigenvalue weighted by Crippen LogP contribution is -2.41. The van der Waals surface area contributed by atoms with Gasteiger partial charge in [0.25, 0.3) is 0 Å². The van der Waals surface area contributed by atoms with Crippen LogP contribution in [0, 0.1) is 5.41 Å². The number of hydrogen-bond donors (Lipinski definition) is 1. The van der Waals surface area contributed by atoms with Crippen molar-refractivity contribution in [3.63, 3.8) is 0 Å². The molecule has 0 amide bonds. The predicted octanol–water partition coefficient (Wildman–Crippen LogP) is 2.42. The number of fused-ring (bicyclic) bond motifs is 1. The molecule has 2 aromatic heterocycles. The molecule has 3 rings (SSSR count). The summed E-state index contributed by atoms with van der Waals surface area (Å²) in [7, 11) is 2.06. The Morgan fingerprint density at radius 3 is 3.00 bits per heavy atom. The van der Waals surface area contributed by atoms with Gasteiger partial charge in [-0.15, -0.1) is 0 Å². The lowest BCUT2D eigenvalue weighted by atomic mass is 9.77. The summed E-state index contributed by atoms with van der Waals surface area (Å²) < 4.78 is 2.13. The molecule has 1 atom stereocenters. The summed E-state index contributed by atoms with van der Waals surface area (Å²) in [5, 5.41) is 3.62. The standard InChI is InChI=1S/C14H20N4/c1-14(2)7-5-9-15-11(14)13-17-10-6-4-8-16-12(10)18(13)3/h4,6,8,11,15H,5,7,9H2,1-3H3. The van der Waals surface area contributed by atoms with E-state index in [2.05, 4.69) is 35.8 Å². The molecule has 1 fully saturated rings. The van der Waals surface area contributed by atoms with Gasteiger partial charge in [-0.25, -0.2) is 9.97 Å². The number of hydrogen-bond acceptors (Lipinski definition) is 3. The van der Waals surface area contributed by atoms with Crippen LogP contribution in [0.5, 0.6) is 0 Å². The lowest BCUT2D eigenvalue weighted by molar-refractivity contribution is 0.172. The molecule has 0 bridgehead atoms. The van der Waals surface area contributed by atoms with Gasteiger partial charge in [-0.2, -0.15) is 0 Å². The minimum Gasteiger partial charge on any atom is -0.315 e. The zero-order valence-corrected chi connectivity index (χ0v) is 11.3. The first kappa shape index (κ1) is 11.7. The van der Waals surface area contributed by atoms with Crippen LogP contribution in [-0.2, 0) is 7.05 Å². The van der Waals surface area contributed by atoms with Crippen molar-refractivity contribution in [3.05, 3.63) is 24.2 Å². The third kappa shape index (κ3) is 1.72. The molecular formula is C14H20N4. The van der Waals surface area contributed by atoms with Crippen LogP contribution in [0.25, 0.3) is 11.2 Å². The number of pyridine rings is 1. The van der Waals surface area contributed by atoms with Crippen LogP contribution in [0.2, 0.25) is 0 Å². The number of aromatic nitrogens is 3. The Hall–Kier alpha value is -1.42. The normalized spacial score (nSPS) is 23.4. The molecule has 96 valence electrons. The highest BCUT2D eigenvalue weighted by Gasteiger charge is 2.36. The maximum absolute atomic E-state index is 4.77. The van der Waals surface area contributed by atoms with E-state index in [-0.39, 0.29) is 5.41 Å². The molecule has 1 saturated heterocycles. The van der Waals surface area contributed by atoms with Crippen LogP contribution >= 0.6 is 0 Å². The third-order valence-electron chi connectivity index (χ3n) is 4.05. The van der Waals surface area contributed by atoms with E-state index >= 15 is 0 Å². The van der Waals surface area contributed by atoms with Crippen LogP contribution in [-0.4, -0.2) is 21.1 Å². The number of imidazole rings is 1. The van der Waals surface area contributed by atoms with Gasteiger partial charge in [0, 0.05) is 13.2 Å². The quantitative estimate of drug-likeness (QED) is 0.837. The summed E-state index contributed by atoms with van der Waals surface area (Å²) in [5.41, 5.74) is 2.20. The summed E-state index contributed by atoms with van der Waals surface area (Å²) in [6, 6.07) is 4.28. The van der Waals surface area contributed by atoms with E-state index in [1.807, 2.05) is 18.3 Å². The molecule has 4 nitrogen and oxygen atoms in total. The summed E-state index contributed by atoms with van der Waals surface area (Å²) >= 11 is 0. The Morgan fingerprint density at radius 1 is 1.44 bits per heavy atom. The van der Waals surface area contributed by atoms with E-state index in [4.69, 9.17) is 4.98 Å². The van der Waals surface area contributed by atoms with Gasteiger partial charge in [-0.1, -0.05) is 13.8 Å². The summed E-state index contributed by atoms with van der Waals surface area (Å²) in [6.45, 7) is 5.71. The first-order valence-corrected chi connectivity index (χ1v) is 6.60. The first-order chi connectivity index (χ1) is 8.59. The van der Waals surface area contributed by atoms with Gasteiger partial charge in [0.1, 0.15) is 11.3 Å². The Morgan fingerprint density at radius 2 is 2.28 bits per heavy atom. The number of nitrogens with one attached hydrogen (secondary N) is 1. The van der Waals surface area contributed by atoms with Gasteiger partial charge >= 0.3 is 0 Å². The van der Waals surface area contributed by atoms with Crippen molar-refractivity contribution >= 4 is 11.2 Å². The van der Waals surface area contributed by atoms with Crippen LogP contribution in [0.15, 0.2) is 18.3 Å². The van der Waals surface area contributed by atoms with Gasteiger partial charge in [-0.05, 0) is 36.9 Å². The van der Waals surface area contributed by atoms with E-state index in [0.717, 1.165) is 23.5 Å². The minimum atomic E-state index is 0.243. The van der Waals surface area contributed by atoms with Crippen LogP contribution in [0.1, 0.15) is 38.6 Å². The fraction of sp³-hybridized carbons (Fsp3) is 0.571. The van der Waals surface area contributed by atoms with Gasteiger partial charge in [0.05, 0.1) is 6.04 Å². The van der Waals surface area contributed by atoms with E-state index in [0.29, 0.717) is 6.04 Å². The maximum atomic E-state index is 4.77. The minimum absolute atomic E-state index is 0.243. The maximum Gasteiger partial charge on any atom is 0.159 e. The van der Waals surface area contributed by atoms with Crippen LogP contribution in [0.4, 0.5) is 0 Å². The molecule has 0 spiro atoms. The van der Waals surface area contributed by atoms with Crippen molar-refractivity contribution in [2.24, 2.45) is 12.5 Å². The predicted molar refractivity (Wildman–Crippen MR) is 72.3 cm³/mol. The molecule has 3 heterocycles. The van der Waals surface area contributed by atoms with E-state index in [9.17, 15) is 0 Å². The highest BCUT2D eigenvalue weighted by atomic mass is 15.2. The molecule has 0 saturated carbocycles. The van der Waals surface area contributed by atoms with E-state index in [1.165, 1.54) is 12.8 Å². The molecule has 1 aliphatic heterocycles. The van der Waals surface area contributed by atoms with Crippen LogP contribution < -0.4 is 5.32 Å². The van der Waals surface area contributed by atoms with Crippen molar-refractivity contribution in [3.8, 4) is 0 Å². The lowest BCUT2D eigenvalue weighted by Gasteiger charge is -2.38. The van der Waals surface area contributed by atoms with Crippen molar-refractivity contribution in [1.29, 1.82) is 0 Å². The summed E-state index contributed by atoms with van der Waals surface area (Å²) in [6.07, 6.45) is 4.31. The van der Waals surface area contributed by atoms with Crippen molar-refractivity contribution in [2.75, 3.05) is 6.54 Å². The van der Waals surface area contributed by atoms with Crippen molar-refractivity contribution < 1.29 is 0 Å². The highest BCUT2D eigenvalue weighted by Crippen LogP contribution is 2.39. The number of piperidine rings is 1. The number of rotatable bonds is 1. The molecule has 0 aliphatic carbocycles. The Balaban J connectivity index is 2.11. The van der Waals surface area contributed by atoms with Crippen LogP contribution in [0.3, 0.4) is 0 Å². The molecule has 0 radical (unpaired) electrons. The summed E-state index contributed by atoms with van der Waals surface area (Å²) in [5.74, 6) is 1.11. The second kappa shape index (κ2) is 4.05. The van der Waals surface area contributed by atoms with Gasteiger partial charge in [0.15, 0.2) is 5.65 Å². The van der Waals surface area contributed by atoms with Gasteiger partial charge in [0.2, 0.25) is 0 Å². The molecule has 4 heteroatoms. The Kier molecular flexibility index (Phi) is 2.63. The van der Waals surface area contributed by atoms with E-state index in [1.54, 1.807) is 0 Å². The van der Waals surface area contributed by atoms with Crippen molar-refractivity contribution in [1.82, 2.24) is 19.9 Å². The average Bonchev–Trinajstić information content (AvgIpc) is 2.67. The fourth-order valence-corrected chi connectivity index (χ4v) is 2.95. The molecule has 2 aromatic rings. The second-order valence-corrected chi connectivity index (χ2v) is 5.85. The monoisotopic (exact) mass is 244 g/mol. The third-order valence-corrected chi connectivity index (χ3v) is 4.05. The molecule has 1 unspecified atom stereocenters. The molecule has 1 aliphatic rings. The second-order valence-electron chi connectivity index (χ2n) is 5.85. The highest BCUT2D eigenvalue weighted by molar-refractivity contribution is 5.71. The molecular weight excluding hydrogens is 224 g/mol. The number of nitrogens with zero attached hydrogens (tertiary/aromatic N) is 3. The first-order valence-electron chi connectivity index (χ1n) is 6.60. The Labute approximate surface area is 107 Å². The zero-order chi connectivity index (χ0) is 12.8. The Bertz CT molecular complexity index is 570. The zero-order valence-electron chi connectivity index (χ0n) is 11.3.